The third kappa shape index (κ3) is 4.00. The van der Waals surface area contributed by atoms with Crippen LogP contribution in [0, 0.1) is 22.1 Å². The molecule has 0 aromatic rings. The number of nitrogens with one attached hydrogen (secondary N) is 3. The van der Waals surface area contributed by atoms with Gasteiger partial charge in [-0.1, -0.05) is 13.8 Å². The van der Waals surface area contributed by atoms with Crippen LogP contribution in [0.5, 0.6) is 0 Å². The molecule has 5 N–H and O–H groups in total. The molecule has 0 aromatic carbocycles. The van der Waals surface area contributed by atoms with Crippen molar-refractivity contribution in [1.82, 2.24) is 0 Å². The Bertz CT molecular complexity index is 256. The zero-order valence-electron chi connectivity index (χ0n) is 7.59. The Morgan fingerprint density at radius 3 is 2.38 bits per heavy atom. The van der Waals surface area contributed by atoms with Crippen LogP contribution in [0.3, 0.4) is 0 Å². The van der Waals surface area contributed by atoms with E-state index in [2.05, 4.69) is 9.73 Å². The fourth-order valence-electron chi connectivity index (χ4n) is 0.429. The molecule has 0 spiro atoms. The van der Waals surface area contributed by atoms with E-state index in [1.165, 1.54) is 0 Å². The summed E-state index contributed by atoms with van der Waals surface area (Å²) in [6.45, 7) is 3.58. The Morgan fingerprint density at radius 2 is 2.00 bits per heavy atom. The molecule has 0 heterocycles. The lowest BCUT2D eigenvalue weighted by Crippen LogP contribution is -2.27. The van der Waals surface area contributed by atoms with E-state index in [1.54, 1.807) is 13.8 Å². The first-order valence-electron chi connectivity index (χ1n) is 3.66. The van der Waals surface area contributed by atoms with Crippen molar-refractivity contribution in [2.75, 3.05) is 0 Å². The molecule has 6 nitrogen and oxygen atoms in total. The molecule has 0 rings (SSSR count). The van der Waals surface area contributed by atoms with E-state index in [9.17, 15) is 0 Å². The zero-order valence-corrected chi connectivity index (χ0v) is 7.59. The normalized spacial score (nSPS) is 11.2. The van der Waals surface area contributed by atoms with Gasteiger partial charge in [-0.15, -0.1) is 0 Å². The van der Waals surface area contributed by atoms with Crippen molar-refractivity contribution in [3.05, 3.63) is 0 Å². The van der Waals surface area contributed by atoms with Crippen LogP contribution < -0.4 is 5.73 Å². The highest BCUT2D eigenvalue weighted by Crippen LogP contribution is 1.95. The van der Waals surface area contributed by atoms with Crippen molar-refractivity contribution >= 4 is 24.0 Å². The lowest BCUT2D eigenvalue weighted by atomic mass is 10.2. The maximum Gasteiger partial charge on any atom is 0.256 e. The number of aliphatic imine (C=N–C) groups is 1. The second-order valence-electron chi connectivity index (χ2n) is 2.60. The second-order valence-corrected chi connectivity index (χ2v) is 2.60. The first-order valence-corrected chi connectivity index (χ1v) is 3.66. The molecule has 0 saturated carbocycles. The fraction of sp³-hybridized carbons (Fsp3) is 0.429. The highest BCUT2D eigenvalue weighted by Gasteiger charge is 2.06. The Kier molecular flexibility index (Phi) is 4.36. The van der Waals surface area contributed by atoms with Gasteiger partial charge in [-0.25, -0.2) is 4.99 Å². The van der Waals surface area contributed by atoms with Crippen LogP contribution in [0.4, 0.5) is 0 Å². The van der Waals surface area contributed by atoms with E-state index >= 15 is 0 Å². The van der Waals surface area contributed by atoms with Crippen LogP contribution in [-0.4, -0.2) is 24.0 Å². The van der Waals surface area contributed by atoms with Gasteiger partial charge < -0.3 is 10.5 Å². The van der Waals surface area contributed by atoms with Crippen LogP contribution in [0.2, 0.25) is 0 Å². The van der Waals surface area contributed by atoms with Crippen molar-refractivity contribution in [3.8, 4) is 0 Å². The van der Waals surface area contributed by atoms with Crippen molar-refractivity contribution in [1.29, 1.82) is 16.2 Å². The van der Waals surface area contributed by atoms with Crippen molar-refractivity contribution in [2.24, 2.45) is 16.6 Å². The largest absolute Gasteiger partial charge is 0.425 e. The number of hydrogen-bond acceptors (Lipinski definition) is 4. The second kappa shape index (κ2) is 5.02. The summed E-state index contributed by atoms with van der Waals surface area (Å²) in [4.78, 5) is 3.62. The highest BCUT2D eigenvalue weighted by molar-refractivity contribution is 6.38. The van der Waals surface area contributed by atoms with E-state index in [0.717, 1.165) is 0 Å². The molecule has 0 fully saturated rings. The van der Waals surface area contributed by atoms with Gasteiger partial charge in [0.2, 0.25) is 0 Å². The minimum Gasteiger partial charge on any atom is -0.425 e. The lowest BCUT2D eigenvalue weighted by Gasteiger charge is -2.03. The fourth-order valence-corrected chi connectivity index (χ4v) is 0.429. The smallest absolute Gasteiger partial charge is 0.256 e. The minimum absolute atomic E-state index is 0.0497. The Balaban J connectivity index is 4.39. The van der Waals surface area contributed by atoms with Gasteiger partial charge in [0.05, 0.1) is 0 Å². The van der Waals surface area contributed by atoms with Crippen LogP contribution >= 0.6 is 0 Å². The van der Waals surface area contributed by atoms with Crippen LogP contribution in [-0.2, 0) is 4.74 Å². The summed E-state index contributed by atoms with van der Waals surface area (Å²) in [5.74, 6) is -0.579. The Morgan fingerprint density at radius 1 is 1.46 bits per heavy atom. The molecule has 6 heteroatoms. The molecule has 0 atom stereocenters. The van der Waals surface area contributed by atoms with Crippen molar-refractivity contribution in [2.45, 2.75) is 13.8 Å². The summed E-state index contributed by atoms with van der Waals surface area (Å²) in [6.07, 6.45) is 0.587. The van der Waals surface area contributed by atoms with Gasteiger partial charge in [-0.05, 0) is 0 Å². The predicted octanol–water partition coefficient (Wildman–Crippen LogP) is 0.578. The molecule has 0 aromatic heterocycles. The van der Waals surface area contributed by atoms with E-state index < -0.39 is 5.90 Å². The highest BCUT2D eigenvalue weighted by atomic mass is 16.5. The van der Waals surface area contributed by atoms with Gasteiger partial charge in [0.25, 0.3) is 5.90 Å². The topological polar surface area (TPSA) is 119 Å². The quantitative estimate of drug-likeness (QED) is 0.370. The molecule has 72 valence electrons. The number of hydrogen-bond donors (Lipinski definition) is 4. The SMILES string of the molecule is CC(C)C(=N)N=C(N)C(=N)OC=N. The summed E-state index contributed by atoms with van der Waals surface area (Å²) in [5, 5.41) is 21.0. The predicted molar refractivity (Wildman–Crippen MR) is 51.8 cm³/mol. The average Bonchev–Trinajstić information content (AvgIpc) is 2.04. The summed E-state index contributed by atoms with van der Waals surface area (Å²) in [5.41, 5.74) is 5.30. The summed E-state index contributed by atoms with van der Waals surface area (Å²) >= 11 is 0. The summed E-state index contributed by atoms with van der Waals surface area (Å²) < 4.78 is 4.36. The van der Waals surface area contributed by atoms with E-state index in [-0.39, 0.29) is 17.6 Å². The third-order valence-corrected chi connectivity index (χ3v) is 1.20. The van der Waals surface area contributed by atoms with Gasteiger partial charge in [0, 0.05) is 5.92 Å². The summed E-state index contributed by atoms with van der Waals surface area (Å²) in [6, 6.07) is 0. The maximum atomic E-state index is 7.32. The van der Waals surface area contributed by atoms with Crippen LogP contribution in [0.25, 0.3) is 0 Å². The monoisotopic (exact) mass is 183 g/mol. The van der Waals surface area contributed by atoms with Crippen LogP contribution in [0.1, 0.15) is 13.8 Å². The number of amidine groups is 2. The molecule has 0 saturated heterocycles. The lowest BCUT2D eigenvalue weighted by molar-refractivity contribution is 0.569. The van der Waals surface area contributed by atoms with Gasteiger partial charge in [-0.2, -0.15) is 0 Å². The first kappa shape index (κ1) is 11.3. The molecule has 0 amide bonds. The number of nitrogens with two attached hydrogens (primary N) is 1. The number of ether oxygens (including phenoxy) is 1. The summed E-state index contributed by atoms with van der Waals surface area (Å²) in [7, 11) is 0. The molecule has 0 unspecified atom stereocenters. The molecule has 0 aliphatic carbocycles. The Hall–Kier alpha value is -1.72. The third-order valence-electron chi connectivity index (χ3n) is 1.20. The number of rotatable bonds is 2. The molecule has 0 aliphatic heterocycles. The van der Waals surface area contributed by atoms with Gasteiger partial charge in [0.1, 0.15) is 5.84 Å². The Labute approximate surface area is 76.3 Å². The van der Waals surface area contributed by atoms with Crippen LogP contribution in [0.15, 0.2) is 4.99 Å². The molecular weight excluding hydrogens is 170 g/mol. The number of nitrogens with zero attached hydrogens (tertiary/aromatic N) is 1. The van der Waals surface area contributed by atoms with Gasteiger partial charge in [0.15, 0.2) is 12.2 Å². The van der Waals surface area contributed by atoms with Crippen molar-refractivity contribution < 1.29 is 4.74 Å². The molecule has 0 bridgehead atoms. The van der Waals surface area contributed by atoms with Gasteiger partial charge in [-0.3, -0.25) is 16.2 Å². The minimum atomic E-state index is -0.416. The van der Waals surface area contributed by atoms with E-state index in [1.807, 2.05) is 0 Å². The maximum absolute atomic E-state index is 7.32. The molecule has 0 radical (unpaired) electrons. The molecular formula is C7H13N5O. The average molecular weight is 183 g/mol. The van der Waals surface area contributed by atoms with Gasteiger partial charge >= 0.3 is 0 Å². The standard InChI is InChI=1S/C7H13N5O/c1-4(2)5(9)12-6(10)7(11)13-3-8/h3-4,8,11H,1-2H3,(H3,9,10,12). The van der Waals surface area contributed by atoms with Crippen molar-refractivity contribution in [3.63, 3.8) is 0 Å². The molecule has 13 heavy (non-hydrogen) atoms. The van der Waals surface area contributed by atoms with E-state index in [0.29, 0.717) is 6.40 Å². The zero-order chi connectivity index (χ0) is 10.4. The molecule has 0 aliphatic rings. The van der Waals surface area contributed by atoms with E-state index in [4.69, 9.17) is 22.0 Å². The first-order chi connectivity index (χ1) is 5.99.